The molecule has 0 amide bonds. The van der Waals surface area contributed by atoms with Crippen molar-refractivity contribution in [2.45, 2.75) is 36.3 Å². The van der Waals surface area contributed by atoms with Gasteiger partial charge in [0.1, 0.15) is 0 Å². The van der Waals surface area contributed by atoms with E-state index in [-0.39, 0.29) is 6.42 Å². The van der Waals surface area contributed by atoms with Crippen molar-refractivity contribution in [1.29, 1.82) is 0 Å². The summed E-state index contributed by atoms with van der Waals surface area (Å²) in [5, 5.41) is -1.35. The number of hydrogen-bond donors (Lipinski definition) is 1. The Morgan fingerprint density at radius 1 is 1.21 bits per heavy atom. The number of primary sulfonamides is 1. The van der Waals surface area contributed by atoms with Gasteiger partial charge in [-0.1, -0.05) is 24.3 Å². The Morgan fingerprint density at radius 2 is 1.79 bits per heavy atom. The monoisotopic (exact) mass is 373 g/mol. The first-order chi connectivity index (χ1) is 10.9. The van der Waals surface area contributed by atoms with Crippen molar-refractivity contribution >= 4 is 16.0 Å². The molecule has 24 heavy (non-hydrogen) atoms. The van der Waals surface area contributed by atoms with E-state index in [2.05, 4.69) is 9.88 Å². The van der Waals surface area contributed by atoms with E-state index in [9.17, 15) is 35.2 Å². The van der Waals surface area contributed by atoms with E-state index in [0.29, 0.717) is 17.5 Å². The highest BCUT2D eigenvalue weighted by atomic mass is 32.2. The van der Waals surface area contributed by atoms with Crippen LogP contribution in [0, 0.1) is 0 Å². The number of rotatable bonds is 4. The largest absolute Gasteiger partial charge is 0.444 e. The maximum atomic E-state index is 13.5. The summed E-state index contributed by atoms with van der Waals surface area (Å²) in [6, 6.07) is 6.29. The van der Waals surface area contributed by atoms with Crippen LogP contribution in [0.5, 0.6) is 0 Å². The molecule has 0 aliphatic heterocycles. The Labute approximate surface area is 133 Å². The number of fused-ring (bicyclic) bond motifs is 1. The first-order valence-corrected chi connectivity index (χ1v) is 8.15. The molecule has 0 aromatic heterocycles. The minimum atomic E-state index is -5.94. The Balaban J connectivity index is 2.31. The quantitative estimate of drug-likeness (QED) is 0.647. The van der Waals surface area contributed by atoms with Gasteiger partial charge in [-0.2, -0.15) is 22.0 Å². The van der Waals surface area contributed by atoms with Crippen LogP contribution in [0.25, 0.3) is 0 Å². The zero-order valence-corrected chi connectivity index (χ0v) is 12.7. The van der Waals surface area contributed by atoms with Gasteiger partial charge in [0.15, 0.2) is 0 Å². The third-order valence-corrected chi connectivity index (χ3v) is 4.61. The number of carbonyl (C=O) groups excluding carboxylic acids is 1. The van der Waals surface area contributed by atoms with Crippen LogP contribution in [0.3, 0.4) is 0 Å². The molecule has 2 rings (SSSR count). The van der Waals surface area contributed by atoms with E-state index in [1.165, 1.54) is 12.1 Å². The fourth-order valence-electron chi connectivity index (χ4n) is 2.48. The first-order valence-electron chi connectivity index (χ1n) is 6.61. The van der Waals surface area contributed by atoms with Gasteiger partial charge in [-0.3, -0.25) is 4.79 Å². The van der Waals surface area contributed by atoms with Crippen LogP contribution in [-0.4, -0.2) is 31.9 Å². The van der Waals surface area contributed by atoms with Crippen LogP contribution in [0.2, 0.25) is 0 Å². The van der Waals surface area contributed by atoms with Crippen LogP contribution in [0.1, 0.15) is 23.5 Å². The zero-order chi connectivity index (χ0) is 18.3. The summed E-state index contributed by atoms with van der Waals surface area (Å²) in [6.07, 6.45) is -9.56. The lowest BCUT2D eigenvalue weighted by atomic mass is 10.0. The van der Waals surface area contributed by atoms with Crippen molar-refractivity contribution in [3.05, 3.63) is 35.4 Å². The number of hydrogen-bond acceptors (Lipinski definition) is 4. The highest BCUT2D eigenvalue weighted by Crippen LogP contribution is 2.40. The molecule has 0 saturated carbocycles. The minimum Gasteiger partial charge on any atom is -0.444 e. The number of nitrogens with two attached hydrogens (primary N) is 1. The molecule has 0 heterocycles. The molecule has 0 saturated heterocycles. The van der Waals surface area contributed by atoms with E-state index < -0.39 is 39.4 Å². The number of carbonyl (C=O) groups is 1. The molecule has 5 nitrogen and oxygen atoms in total. The number of sulfonamides is 1. The number of alkyl halides is 5. The van der Waals surface area contributed by atoms with Gasteiger partial charge in [0.25, 0.3) is 16.1 Å². The third-order valence-electron chi connectivity index (χ3n) is 3.63. The Morgan fingerprint density at radius 3 is 2.33 bits per heavy atom. The molecular weight excluding hydrogens is 361 g/mol. The molecule has 1 aliphatic carbocycles. The minimum absolute atomic E-state index is 0.0731. The van der Waals surface area contributed by atoms with Crippen molar-refractivity contribution in [1.82, 2.24) is 0 Å². The Bertz CT molecular complexity index is 747. The van der Waals surface area contributed by atoms with Gasteiger partial charge in [-0.15, -0.1) is 0 Å². The number of benzene rings is 1. The maximum absolute atomic E-state index is 13.5. The lowest BCUT2D eigenvalue weighted by molar-refractivity contribution is -0.258. The third kappa shape index (κ3) is 3.36. The van der Waals surface area contributed by atoms with Crippen molar-refractivity contribution in [3.63, 3.8) is 0 Å². The normalized spacial score (nSPS) is 19.7. The molecule has 2 unspecified atom stereocenters. The van der Waals surface area contributed by atoms with Crippen LogP contribution >= 0.6 is 0 Å². The zero-order valence-electron chi connectivity index (χ0n) is 11.9. The fourth-order valence-corrected chi connectivity index (χ4v) is 2.96. The van der Waals surface area contributed by atoms with E-state index in [4.69, 9.17) is 0 Å². The Kier molecular flexibility index (Phi) is 4.61. The molecule has 1 aromatic carbocycles. The summed E-state index contributed by atoms with van der Waals surface area (Å²) in [4.78, 5) is 11.9. The first kappa shape index (κ1) is 18.6. The lowest BCUT2D eigenvalue weighted by Gasteiger charge is -2.27. The highest BCUT2D eigenvalue weighted by Gasteiger charge is 2.65. The summed E-state index contributed by atoms with van der Waals surface area (Å²) in [7, 11) is -5.94. The predicted octanol–water partition coefficient (Wildman–Crippen LogP) is 2.07. The molecule has 1 aromatic rings. The molecule has 1 aliphatic rings. The van der Waals surface area contributed by atoms with E-state index in [0.717, 1.165) is 0 Å². The van der Waals surface area contributed by atoms with Crippen LogP contribution in [-0.2, 0) is 26.0 Å². The summed E-state index contributed by atoms with van der Waals surface area (Å²) in [6.45, 7) is 0. The van der Waals surface area contributed by atoms with Gasteiger partial charge in [-0.05, 0) is 24.0 Å². The lowest BCUT2D eigenvalue weighted by Crippen LogP contribution is -2.54. The molecule has 0 fully saturated rings. The SMILES string of the molecule is NS(=O)(=O)C(F)(F)C(OC(=O)C1CCc2ccccc21)C(F)(F)F. The van der Waals surface area contributed by atoms with E-state index in [1.807, 2.05) is 0 Å². The standard InChI is InChI=1S/C13H12F5NO4S/c14-12(15,16)11(13(17,18)24(19,21)22)23-10(20)9-6-5-7-3-1-2-4-8(7)9/h1-4,9,11H,5-6H2,(H2,19,21,22). The predicted molar refractivity (Wildman–Crippen MR) is 71.5 cm³/mol. The van der Waals surface area contributed by atoms with Crippen LogP contribution in [0.4, 0.5) is 22.0 Å². The van der Waals surface area contributed by atoms with Gasteiger partial charge in [-0.25, -0.2) is 13.6 Å². The molecule has 11 heteroatoms. The molecule has 0 spiro atoms. The average molecular weight is 373 g/mol. The second-order valence-corrected chi connectivity index (χ2v) is 6.89. The second kappa shape index (κ2) is 5.96. The van der Waals surface area contributed by atoms with Gasteiger partial charge in [0, 0.05) is 0 Å². The highest BCUT2D eigenvalue weighted by molar-refractivity contribution is 7.90. The summed E-state index contributed by atoms with van der Waals surface area (Å²) in [5.41, 5.74) is 1.04. The van der Waals surface area contributed by atoms with E-state index in [1.54, 1.807) is 12.1 Å². The van der Waals surface area contributed by atoms with Crippen molar-refractivity contribution in [2.24, 2.45) is 5.14 Å². The second-order valence-electron chi connectivity index (χ2n) is 5.26. The molecule has 2 N–H and O–H groups in total. The van der Waals surface area contributed by atoms with Crippen molar-refractivity contribution in [2.75, 3.05) is 0 Å². The molecule has 0 radical (unpaired) electrons. The molecule has 2 atom stereocenters. The topological polar surface area (TPSA) is 86.5 Å². The van der Waals surface area contributed by atoms with E-state index >= 15 is 0 Å². The molecule has 134 valence electrons. The number of esters is 1. The number of ether oxygens (including phenoxy) is 1. The summed E-state index contributed by atoms with van der Waals surface area (Å²) < 4.78 is 90.9. The van der Waals surface area contributed by atoms with Gasteiger partial charge < -0.3 is 4.74 Å². The average Bonchev–Trinajstić information content (AvgIpc) is 2.85. The Hall–Kier alpha value is -1.75. The fraction of sp³-hybridized carbons (Fsp3) is 0.462. The molecular formula is C13H12F5NO4S. The van der Waals surface area contributed by atoms with Gasteiger partial charge in [0.2, 0.25) is 0 Å². The van der Waals surface area contributed by atoms with Gasteiger partial charge in [0.05, 0.1) is 5.92 Å². The number of aryl methyl sites for hydroxylation is 1. The summed E-state index contributed by atoms with van der Waals surface area (Å²) >= 11 is 0. The van der Waals surface area contributed by atoms with Crippen LogP contribution < -0.4 is 5.14 Å². The molecule has 0 bridgehead atoms. The van der Waals surface area contributed by atoms with Crippen molar-refractivity contribution < 1.29 is 39.9 Å². The maximum Gasteiger partial charge on any atom is 0.432 e. The van der Waals surface area contributed by atoms with Crippen molar-refractivity contribution in [3.8, 4) is 0 Å². The van der Waals surface area contributed by atoms with Gasteiger partial charge >= 0.3 is 17.4 Å². The smallest absolute Gasteiger partial charge is 0.432 e. The summed E-state index contributed by atoms with van der Waals surface area (Å²) in [5.74, 6) is -2.76. The van der Waals surface area contributed by atoms with Crippen LogP contribution in [0.15, 0.2) is 24.3 Å². The number of halogens is 5.